The minimum absolute atomic E-state index is 0.1000. The second-order valence-corrected chi connectivity index (χ2v) is 6.24. The van der Waals surface area contributed by atoms with Gasteiger partial charge < -0.3 is 10.0 Å². The van der Waals surface area contributed by atoms with Crippen LogP contribution in [0.4, 0.5) is 0 Å². The number of amides is 1. The molecule has 0 bridgehead atoms. The predicted octanol–water partition coefficient (Wildman–Crippen LogP) is 3.44. The number of carbonyl (C=O) groups excluding carboxylic acids is 1. The monoisotopic (exact) mass is 307 g/mol. The van der Waals surface area contributed by atoms with Crippen molar-refractivity contribution in [3.63, 3.8) is 0 Å². The van der Waals surface area contributed by atoms with Gasteiger partial charge in [-0.2, -0.15) is 0 Å². The first kappa shape index (κ1) is 17.7. The molecule has 21 heavy (non-hydrogen) atoms. The molecule has 0 saturated carbocycles. The molecule has 1 atom stereocenters. The summed E-state index contributed by atoms with van der Waals surface area (Å²) >= 11 is 1.42. The van der Waals surface area contributed by atoms with E-state index in [1.807, 2.05) is 17.9 Å². The van der Waals surface area contributed by atoms with Crippen LogP contribution < -0.4 is 0 Å². The molecular formula is C17H25NO2S. The Bertz CT molecular complexity index is 525. The number of thiophene rings is 1. The molecule has 0 saturated heterocycles. The number of rotatable bonds is 6. The summed E-state index contributed by atoms with van der Waals surface area (Å²) in [5.41, 5.74) is 1.00. The molecular weight excluding hydrogens is 282 g/mol. The molecule has 0 aliphatic carbocycles. The van der Waals surface area contributed by atoms with Crippen molar-refractivity contribution in [2.24, 2.45) is 0 Å². The molecule has 0 aliphatic rings. The summed E-state index contributed by atoms with van der Waals surface area (Å²) in [6.45, 7) is 8.94. The van der Waals surface area contributed by atoms with Gasteiger partial charge in [-0.3, -0.25) is 4.79 Å². The van der Waals surface area contributed by atoms with Gasteiger partial charge in [0.1, 0.15) is 6.61 Å². The lowest BCUT2D eigenvalue weighted by Gasteiger charge is -2.28. The lowest BCUT2D eigenvalue weighted by molar-refractivity contribution is 0.0690. The Morgan fingerprint density at radius 1 is 1.48 bits per heavy atom. The molecule has 3 nitrogen and oxygen atoms in total. The Kier molecular flexibility index (Phi) is 7.49. The second-order valence-electron chi connectivity index (χ2n) is 5.19. The van der Waals surface area contributed by atoms with Crippen molar-refractivity contribution in [2.45, 2.75) is 53.0 Å². The smallest absolute Gasteiger partial charge is 0.264 e. The van der Waals surface area contributed by atoms with E-state index in [-0.39, 0.29) is 18.6 Å². The number of aliphatic hydroxyl groups is 1. The molecule has 0 radical (unpaired) electrons. The molecule has 116 valence electrons. The molecule has 0 fully saturated rings. The fourth-order valence-corrected chi connectivity index (χ4v) is 3.05. The van der Waals surface area contributed by atoms with E-state index in [1.54, 1.807) is 0 Å². The third-order valence-electron chi connectivity index (χ3n) is 3.55. The minimum atomic E-state index is -0.157. The fraction of sp³-hybridized carbons (Fsp3) is 0.588. The maximum absolute atomic E-state index is 12.7. The van der Waals surface area contributed by atoms with E-state index < -0.39 is 0 Å². The standard InChI is InChI=1S/C17H25NO2S/c1-5-7-10-18(14(4)6-2)17(20)16-12-13(3)15(21-16)9-8-11-19/h12,14,19H,5-7,10-11H2,1-4H3. The summed E-state index contributed by atoms with van der Waals surface area (Å²) in [6, 6.07) is 2.16. The summed E-state index contributed by atoms with van der Waals surface area (Å²) in [6.07, 6.45) is 3.06. The maximum Gasteiger partial charge on any atom is 0.264 e. The van der Waals surface area contributed by atoms with Gasteiger partial charge in [0.05, 0.1) is 9.75 Å². The average molecular weight is 307 g/mol. The number of unbranched alkanes of at least 4 members (excludes halogenated alkanes) is 1. The van der Waals surface area contributed by atoms with Gasteiger partial charge in [-0.1, -0.05) is 32.1 Å². The molecule has 0 aromatic carbocycles. The Labute approximate surface area is 132 Å². The highest BCUT2D eigenvalue weighted by Gasteiger charge is 2.22. The van der Waals surface area contributed by atoms with Crippen LogP contribution in [0, 0.1) is 18.8 Å². The van der Waals surface area contributed by atoms with Gasteiger partial charge >= 0.3 is 0 Å². The first-order chi connectivity index (χ1) is 10.0. The number of hydrogen-bond acceptors (Lipinski definition) is 3. The lowest BCUT2D eigenvalue weighted by Crippen LogP contribution is -2.38. The van der Waals surface area contributed by atoms with Gasteiger partial charge in [-0.25, -0.2) is 0 Å². The molecule has 1 aromatic rings. The third kappa shape index (κ3) is 4.87. The summed E-state index contributed by atoms with van der Waals surface area (Å²) in [7, 11) is 0. The summed E-state index contributed by atoms with van der Waals surface area (Å²) in [5, 5.41) is 8.78. The molecule has 1 amide bonds. The molecule has 1 unspecified atom stereocenters. The number of aryl methyl sites for hydroxylation is 1. The van der Waals surface area contributed by atoms with Crippen LogP contribution in [-0.4, -0.2) is 35.1 Å². The van der Waals surface area contributed by atoms with Crippen LogP contribution in [0.2, 0.25) is 0 Å². The van der Waals surface area contributed by atoms with E-state index in [9.17, 15) is 4.79 Å². The molecule has 4 heteroatoms. The summed E-state index contributed by atoms with van der Waals surface area (Å²) < 4.78 is 0. The first-order valence-corrected chi connectivity index (χ1v) is 8.37. The number of aliphatic hydroxyl groups excluding tert-OH is 1. The van der Waals surface area contributed by atoms with E-state index >= 15 is 0 Å². The fourth-order valence-electron chi connectivity index (χ4n) is 2.04. The topological polar surface area (TPSA) is 40.5 Å². The van der Waals surface area contributed by atoms with E-state index in [2.05, 4.69) is 32.6 Å². The highest BCUT2D eigenvalue weighted by atomic mass is 32.1. The van der Waals surface area contributed by atoms with Crippen LogP contribution in [-0.2, 0) is 0 Å². The van der Waals surface area contributed by atoms with Crippen LogP contribution in [0.1, 0.15) is 60.1 Å². The van der Waals surface area contributed by atoms with E-state index in [4.69, 9.17) is 5.11 Å². The van der Waals surface area contributed by atoms with Gasteiger partial charge in [-0.05, 0) is 38.3 Å². The molecule has 0 aliphatic heterocycles. The second kappa shape index (κ2) is 8.86. The van der Waals surface area contributed by atoms with Crippen molar-refractivity contribution in [1.29, 1.82) is 0 Å². The normalized spacial score (nSPS) is 11.7. The van der Waals surface area contributed by atoms with Crippen molar-refractivity contribution < 1.29 is 9.90 Å². The SMILES string of the molecule is CCCCN(C(=O)c1cc(C)c(C#CCO)s1)C(C)CC. The van der Waals surface area contributed by atoms with Crippen molar-refractivity contribution in [3.8, 4) is 11.8 Å². The van der Waals surface area contributed by atoms with Gasteiger partial charge in [0.25, 0.3) is 5.91 Å². The Balaban J connectivity index is 2.98. The van der Waals surface area contributed by atoms with Crippen molar-refractivity contribution in [1.82, 2.24) is 4.90 Å². The van der Waals surface area contributed by atoms with Crippen LogP contribution in [0.15, 0.2) is 6.07 Å². The van der Waals surface area contributed by atoms with Crippen molar-refractivity contribution in [2.75, 3.05) is 13.2 Å². The first-order valence-electron chi connectivity index (χ1n) is 7.56. The highest BCUT2D eigenvalue weighted by Crippen LogP contribution is 2.23. The molecule has 1 heterocycles. The molecule has 0 spiro atoms. The number of nitrogens with zero attached hydrogens (tertiary/aromatic N) is 1. The average Bonchev–Trinajstić information content (AvgIpc) is 2.86. The van der Waals surface area contributed by atoms with Crippen LogP contribution in [0.25, 0.3) is 0 Å². The van der Waals surface area contributed by atoms with Crippen LogP contribution >= 0.6 is 11.3 Å². The van der Waals surface area contributed by atoms with Crippen LogP contribution in [0.3, 0.4) is 0 Å². The predicted molar refractivity (Wildman–Crippen MR) is 88.7 cm³/mol. The van der Waals surface area contributed by atoms with Gasteiger partial charge in [-0.15, -0.1) is 11.3 Å². The van der Waals surface area contributed by atoms with Crippen molar-refractivity contribution >= 4 is 17.2 Å². The minimum Gasteiger partial charge on any atom is -0.384 e. The van der Waals surface area contributed by atoms with Gasteiger partial charge in [0.2, 0.25) is 0 Å². The zero-order valence-electron chi connectivity index (χ0n) is 13.4. The van der Waals surface area contributed by atoms with Gasteiger partial charge in [0, 0.05) is 12.6 Å². The van der Waals surface area contributed by atoms with Crippen LogP contribution in [0.5, 0.6) is 0 Å². The zero-order valence-corrected chi connectivity index (χ0v) is 14.2. The molecule has 1 rings (SSSR count). The lowest BCUT2D eigenvalue weighted by atomic mass is 10.2. The summed E-state index contributed by atoms with van der Waals surface area (Å²) in [4.78, 5) is 16.3. The third-order valence-corrected chi connectivity index (χ3v) is 4.69. The quantitative estimate of drug-likeness (QED) is 0.818. The van der Waals surface area contributed by atoms with Gasteiger partial charge in [0.15, 0.2) is 0 Å². The van der Waals surface area contributed by atoms with Crippen molar-refractivity contribution in [3.05, 3.63) is 21.4 Å². The van der Waals surface area contributed by atoms with E-state index in [1.165, 1.54) is 11.3 Å². The number of carbonyl (C=O) groups is 1. The Hall–Kier alpha value is -1.31. The molecule has 1 N–H and O–H groups in total. The Morgan fingerprint density at radius 3 is 2.76 bits per heavy atom. The Morgan fingerprint density at radius 2 is 2.19 bits per heavy atom. The highest BCUT2D eigenvalue weighted by molar-refractivity contribution is 7.14. The maximum atomic E-state index is 12.7. The number of hydrogen-bond donors (Lipinski definition) is 1. The zero-order chi connectivity index (χ0) is 15.8. The summed E-state index contributed by atoms with van der Waals surface area (Å²) in [5.74, 6) is 5.66. The molecule has 1 aromatic heterocycles. The van der Waals surface area contributed by atoms with E-state index in [0.29, 0.717) is 0 Å². The van der Waals surface area contributed by atoms with E-state index in [0.717, 1.165) is 41.1 Å². The largest absolute Gasteiger partial charge is 0.384 e.